The van der Waals surface area contributed by atoms with Crippen molar-refractivity contribution >= 4 is 40.6 Å². The Morgan fingerprint density at radius 2 is 1.21 bits per heavy atom. The Hall–Kier alpha value is -5.00. The van der Waals surface area contributed by atoms with E-state index >= 15 is 0 Å². The average Bonchev–Trinajstić information content (AvgIpc) is 2.80. The first-order valence-electron chi connectivity index (χ1n) is 9.43. The fraction of sp³-hybridized carbons (Fsp3) is 0. The van der Waals surface area contributed by atoms with Gasteiger partial charge in [0.05, 0.1) is 9.85 Å². The Morgan fingerprint density at radius 1 is 0.735 bits per heavy atom. The van der Waals surface area contributed by atoms with Crippen molar-refractivity contribution in [1.82, 2.24) is 0 Å². The first-order valence-corrected chi connectivity index (χ1v) is 9.43. The molecule has 10 nitrogen and oxygen atoms in total. The minimum absolute atomic E-state index is 0.0793. The number of nitrogens with zero attached hydrogens (tertiary/aromatic N) is 2. The molecule has 0 bridgehead atoms. The fourth-order valence-corrected chi connectivity index (χ4v) is 2.86. The van der Waals surface area contributed by atoms with Gasteiger partial charge >= 0.3 is 0 Å². The summed E-state index contributed by atoms with van der Waals surface area (Å²) in [5.74, 6) is -4.66. The van der Waals surface area contributed by atoms with E-state index in [1.807, 2.05) is 0 Å². The van der Waals surface area contributed by atoms with E-state index in [4.69, 9.17) is 0 Å². The third-order valence-electron chi connectivity index (χ3n) is 4.44. The monoisotopic (exact) mass is 468 g/mol. The van der Waals surface area contributed by atoms with Gasteiger partial charge in [0, 0.05) is 12.1 Å². The van der Waals surface area contributed by atoms with Crippen LogP contribution in [0.15, 0.2) is 72.3 Å². The molecular weight excluding hydrogens is 454 g/mol. The topological polar surface area (TPSA) is 144 Å². The lowest BCUT2D eigenvalue weighted by molar-refractivity contribution is -0.384. The highest BCUT2D eigenvalue weighted by molar-refractivity contribution is 6.29. The lowest BCUT2D eigenvalue weighted by Gasteiger charge is -2.11. The van der Waals surface area contributed by atoms with Crippen molar-refractivity contribution in [1.29, 1.82) is 0 Å². The van der Waals surface area contributed by atoms with Crippen molar-refractivity contribution in [2.24, 2.45) is 0 Å². The van der Waals surface area contributed by atoms with Crippen LogP contribution in [0.3, 0.4) is 0 Å². The van der Waals surface area contributed by atoms with Gasteiger partial charge < -0.3 is 10.6 Å². The SMILES string of the molecule is O=C(Nc1ccccc1[N+](=O)[O-])C(=Cc1ccc(F)c(F)c1)C(=O)Nc1ccccc1[N+](=O)[O-]. The summed E-state index contributed by atoms with van der Waals surface area (Å²) in [6.45, 7) is 0. The predicted molar refractivity (Wildman–Crippen MR) is 118 cm³/mol. The van der Waals surface area contributed by atoms with Crippen LogP contribution in [0, 0.1) is 31.9 Å². The Morgan fingerprint density at radius 3 is 1.65 bits per heavy atom. The minimum Gasteiger partial charge on any atom is -0.316 e. The molecule has 2 amide bonds. The fourth-order valence-electron chi connectivity index (χ4n) is 2.86. The highest BCUT2D eigenvalue weighted by atomic mass is 19.2. The highest BCUT2D eigenvalue weighted by Crippen LogP contribution is 2.26. The van der Waals surface area contributed by atoms with Gasteiger partial charge in [-0.25, -0.2) is 8.78 Å². The van der Waals surface area contributed by atoms with E-state index in [0.29, 0.717) is 0 Å². The molecule has 0 radical (unpaired) electrons. The van der Waals surface area contributed by atoms with Crippen LogP contribution in [-0.2, 0) is 9.59 Å². The number of amides is 2. The molecule has 0 saturated carbocycles. The molecule has 0 heterocycles. The number of benzene rings is 3. The van der Waals surface area contributed by atoms with Crippen molar-refractivity contribution < 1.29 is 28.2 Å². The van der Waals surface area contributed by atoms with E-state index in [9.17, 15) is 38.6 Å². The molecule has 0 fully saturated rings. The van der Waals surface area contributed by atoms with Gasteiger partial charge in [0.1, 0.15) is 16.9 Å². The number of halogens is 2. The third-order valence-corrected chi connectivity index (χ3v) is 4.44. The smallest absolute Gasteiger partial charge is 0.292 e. The lowest BCUT2D eigenvalue weighted by Crippen LogP contribution is -2.26. The van der Waals surface area contributed by atoms with Crippen LogP contribution in [-0.4, -0.2) is 21.7 Å². The highest BCUT2D eigenvalue weighted by Gasteiger charge is 2.24. The molecule has 3 aromatic rings. The summed E-state index contributed by atoms with van der Waals surface area (Å²) < 4.78 is 26.9. The first kappa shape index (κ1) is 23.7. The number of anilines is 2. The van der Waals surface area contributed by atoms with E-state index in [-0.39, 0.29) is 16.9 Å². The number of hydrogen-bond donors (Lipinski definition) is 2. The molecule has 0 aliphatic carbocycles. The number of nitro benzene ring substituents is 2. The van der Waals surface area contributed by atoms with Gasteiger partial charge in [-0.1, -0.05) is 30.3 Å². The normalized spacial score (nSPS) is 10.2. The molecule has 12 heteroatoms. The summed E-state index contributed by atoms with van der Waals surface area (Å²) in [5.41, 5.74) is -2.13. The standard InChI is InChI=1S/C22H14F2N4O6/c23-15-10-9-13(12-16(15)24)11-14(21(29)25-17-5-1-3-7-19(17)27(31)32)22(30)26-18-6-2-4-8-20(18)28(33)34/h1-12H,(H,25,29)(H,26,30). The Kier molecular flexibility index (Phi) is 7.01. The Labute approximate surface area is 189 Å². The van der Waals surface area contributed by atoms with Crippen LogP contribution < -0.4 is 10.6 Å². The molecule has 3 rings (SSSR count). The van der Waals surface area contributed by atoms with Crippen molar-refractivity contribution in [2.75, 3.05) is 10.6 Å². The number of carbonyl (C=O) groups is 2. The van der Waals surface area contributed by atoms with E-state index in [1.54, 1.807) is 0 Å². The number of hydrogen-bond acceptors (Lipinski definition) is 6. The molecule has 0 aromatic heterocycles. The van der Waals surface area contributed by atoms with E-state index in [2.05, 4.69) is 10.6 Å². The summed E-state index contributed by atoms with van der Waals surface area (Å²) in [6.07, 6.45) is 0.913. The molecule has 3 aromatic carbocycles. The van der Waals surface area contributed by atoms with Gasteiger partial charge in [-0.3, -0.25) is 29.8 Å². The zero-order valence-corrected chi connectivity index (χ0v) is 17.0. The van der Waals surface area contributed by atoms with Crippen LogP contribution in [0.4, 0.5) is 31.5 Å². The second-order valence-electron chi connectivity index (χ2n) is 6.69. The van der Waals surface area contributed by atoms with Crippen molar-refractivity contribution in [3.05, 3.63) is 110 Å². The Bertz CT molecular complexity index is 1270. The zero-order chi connectivity index (χ0) is 24.8. The molecule has 0 atom stereocenters. The molecule has 2 N–H and O–H groups in total. The molecule has 0 aliphatic rings. The summed E-state index contributed by atoms with van der Waals surface area (Å²) in [5, 5.41) is 26.9. The molecule has 172 valence electrons. The molecule has 0 saturated heterocycles. The van der Waals surface area contributed by atoms with Crippen LogP contribution in [0.2, 0.25) is 0 Å². The largest absolute Gasteiger partial charge is 0.316 e. The maximum atomic E-state index is 13.7. The maximum Gasteiger partial charge on any atom is 0.292 e. The van der Waals surface area contributed by atoms with Gasteiger partial charge in [-0.05, 0) is 35.9 Å². The van der Waals surface area contributed by atoms with Crippen LogP contribution >= 0.6 is 0 Å². The minimum atomic E-state index is -1.24. The molecule has 0 aliphatic heterocycles. The number of para-hydroxylation sites is 4. The second-order valence-corrected chi connectivity index (χ2v) is 6.69. The summed E-state index contributed by atoms with van der Waals surface area (Å²) in [6, 6.07) is 12.9. The van der Waals surface area contributed by atoms with Crippen molar-refractivity contribution in [3.8, 4) is 0 Å². The quantitative estimate of drug-likeness (QED) is 0.172. The molecule has 34 heavy (non-hydrogen) atoms. The second kappa shape index (κ2) is 10.1. The maximum absolute atomic E-state index is 13.7. The zero-order valence-electron chi connectivity index (χ0n) is 17.0. The van der Waals surface area contributed by atoms with Gasteiger partial charge in [0.15, 0.2) is 11.6 Å². The number of carbonyl (C=O) groups excluding carboxylic acids is 2. The van der Waals surface area contributed by atoms with E-state index < -0.39 is 50.2 Å². The Balaban J connectivity index is 2.02. The molecular formula is C22H14F2N4O6. The summed E-state index contributed by atoms with van der Waals surface area (Å²) in [7, 11) is 0. The van der Waals surface area contributed by atoms with Crippen LogP contribution in [0.1, 0.15) is 5.56 Å². The number of rotatable bonds is 7. The first-order chi connectivity index (χ1) is 16.2. The van der Waals surface area contributed by atoms with Gasteiger partial charge in [-0.15, -0.1) is 0 Å². The van der Waals surface area contributed by atoms with Crippen LogP contribution in [0.5, 0.6) is 0 Å². The number of nitro groups is 2. The van der Waals surface area contributed by atoms with Crippen LogP contribution in [0.25, 0.3) is 6.08 Å². The third kappa shape index (κ3) is 5.43. The van der Waals surface area contributed by atoms with Gasteiger partial charge in [-0.2, -0.15) is 0 Å². The molecule has 0 spiro atoms. The summed E-state index contributed by atoms with van der Waals surface area (Å²) >= 11 is 0. The lowest BCUT2D eigenvalue weighted by atomic mass is 10.1. The number of nitrogens with one attached hydrogen (secondary N) is 2. The van der Waals surface area contributed by atoms with Gasteiger partial charge in [0.25, 0.3) is 23.2 Å². The van der Waals surface area contributed by atoms with Crippen molar-refractivity contribution in [3.63, 3.8) is 0 Å². The average molecular weight is 468 g/mol. The molecule has 0 unspecified atom stereocenters. The summed E-state index contributed by atoms with van der Waals surface area (Å²) in [4.78, 5) is 46.8. The van der Waals surface area contributed by atoms with E-state index in [0.717, 1.165) is 36.4 Å². The van der Waals surface area contributed by atoms with E-state index in [1.165, 1.54) is 36.4 Å². The predicted octanol–water partition coefficient (Wildman–Crippen LogP) is 4.44. The van der Waals surface area contributed by atoms with Crippen molar-refractivity contribution in [2.45, 2.75) is 0 Å². The van der Waals surface area contributed by atoms with Gasteiger partial charge in [0.2, 0.25) is 0 Å².